The molecule has 0 spiro atoms. The monoisotopic (exact) mass is 401 g/mol. The summed E-state index contributed by atoms with van der Waals surface area (Å²) in [5.41, 5.74) is 3.84. The van der Waals surface area contributed by atoms with Crippen molar-refractivity contribution >= 4 is 28.7 Å². The van der Waals surface area contributed by atoms with Crippen molar-refractivity contribution in [3.63, 3.8) is 0 Å². The summed E-state index contributed by atoms with van der Waals surface area (Å²) in [5.74, 6) is -0.298. The number of nitrogens with one attached hydrogen (secondary N) is 1. The first-order valence-electron chi connectivity index (χ1n) is 9.68. The van der Waals surface area contributed by atoms with Crippen molar-refractivity contribution < 1.29 is 13.9 Å². The molecule has 0 saturated carbocycles. The number of morpholine rings is 1. The lowest BCUT2D eigenvalue weighted by Gasteiger charge is -2.24. The van der Waals surface area contributed by atoms with Crippen molar-refractivity contribution in [1.29, 1.82) is 0 Å². The number of pyridine rings is 2. The smallest absolute Gasteiger partial charge is 0.298 e. The van der Waals surface area contributed by atoms with Crippen LogP contribution in [0.3, 0.4) is 0 Å². The average molecular weight is 401 g/mol. The molecule has 0 bridgehead atoms. The van der Waals surface area contributed by atoms with E-state index in [1.165, 1.54) is 0 Å². The standard InChI is InChI=1S/C22H19N5O3/c28-21(19-5-1-4-17(25-19)15-3-2-8-23-14-15)24-16-6-7-18-20(13-16)30-22(26-18)27-9-11-29-12-10-27/h1-8,13-14H,9-12H2,(H,24,28). The van der Waals surface area contributed by atoms with Gasteiger partial charge in [0.15, 0.2) is 5.58 Å². The summed E-state index contributed by atoms with van der Waals surface area (Å²) in [4.78, 5) is 27.9. The van der Waals surface area contributed by atoms with E-state index in [1.54, 1.807) is 36.7 Å². The largest absolute Gasteiger partial charge is 0.423 e. The fraction of sp³-hybridized carbons (Fsp3) is 0.182. The Bertz CT molecular complexity index is 1190. The minimum atomic E-state index is -0.298. The number of nitrogens with zero attached hydrogens (tertiary/aromatic N) is 4. The molecule has 1 amide bonds. The number of ether oxygens (including phenoxy) is 1. The van der Waals surface area contributed by atoms with Gasteiger partial charge in [0.2, 0.25) is 0 Å². The summed E-state index contributed by atoms with van der Waals surface area (Å²) in [5, 5.41) is 2.88. The van der Waals surface area contributed by atoms with Crippen LogP contribution < -0.4 is 10.2 Å². The molecular formula is C22H19N5O3. The van der Waals surface area contributed by atoms with Crippen molar-refractivity contribution in [1.82, 2.24) is 15.0 Å². The molecule has 30 heavy (non-hydrogen) atoms. The normalized spacial score (nSPS) is 14.1. The molecule has 1 fully saturated rings. The number of fused-ring (bicyclic) bond motifs is 1. The number of aromatic nitrogens is 3. The van der Waals surface area contributed by atoms with Crippen molar-refractivity contribution in [2.24, 2.45) is 0 Å². The molecule has 1 N–H and O–H groups in total. The van der Waals surface area contributed by atoms with Crippen molar-refractivity contribution in [2.45, 2.75) is 0 Å². The molecule has 1 aromatic carbocycles. The van der Waals surface area contributed by atoms with E-state index in [2.05, 4.69) is 25.2 Å². The summed E-state index contributed by atoms with van der Waals surface area (Å²) in [6, 6.07) is 15.0. The maximum atomic E-state index is 12.7. The molecule has 4 aromatic rings. The van der Waals surface area contributed by atoms with Crippen LogP contribution in [0.4, 0.5) is 11.7 Å². The zero-order valence-electron chi connectivity index (χ0n) is 16.1. The molecule has 0 radical (unpaired) electrons. The molecule has 0 atom stereocenters. The number of hydrogen-bond donors (Lipinski definition) is 1. The van der Waals surface area contributed by atoms with Gasteiger partial charge in [-0.25, -0.2) is 4.98 Å². The van der Waals surface area contributed by atoms with Gasteiger partial charge in [-0.1, -0.05) is 6.07 Å². The number of hydrogen-bond acceptors (Lipinski definition) is 7. The first kappa shape index (κ1) is 18.3. The lowest BCUT2D eigenvalue weighted by atomic mass is 10.2. The molecule has 3 aromatic heterocycles. The Morgan fingerprint density at radius 3 is 2.77 bits per heavy atom. The molecular weight excluding hydrogens is 382 g/mol. The molecule has 1 aliphatic heterocycles. The zero-order valence-corrected chi connectivity index (χ0v) is 16.1. The van der Waals surface area contributed by atoms with Gasteiger partial charge in [0.25, 0.3) is 11.9 Å². The molecule has 8 nitrogen and oxygen atoms in total. The summed E-state index contributed by atoms with van der Waals surface area (Å²) < 4.78 is 11.3. The van der Waals surface area contributed by atoms with Crippen LogP contribution in [-0.4, -0.2) is 47.2 Å². The van der Waals surface area contributed by atoms with Crippen LogP contribution in [0, 0.1) is 0 Å². The maximum Gasteiger partial charge on any atom is 0.298 e. The Hall–Kier alpha value is -3.78. The van der Waals surface area contributed by atoms with Crippen LogP contribution in [0.2, 0.25) is 0 Å². The lowest BCUT2D eigenvalue weighted by Crippen LogP contribution is -2.36. The van der Waals surface area contributed by atoms with Crippen LogP contribution in [0.5, 0.6) is 0 Å². The Balaban J connectivity index is 1.35. The van der Waals surface area contributed by atoms with Gasteiger partial charge in [-0.05, 0) is 36.4 Å². The van der Waals surface area contributed by atoms with Gasteiger partial charge in [-0.15, -0.1) is 0 Å². The average Bonchev–Trinajstić information content (AvgIpc) is 3.24. The van der Waals surface area contributed by atoms with Crippen LogP contribution in [-0.2, 0) is 4.74 Å². The Morgan fingerprint density at radius 2 is 1.93 bits per heavy atom. The van der Waals surface area contributed by atoms with Gasteiger partial charge >= 0.3 is 0 Å². The number of carbonyl (C=O) groups excluding carboxylic acids is 1. The first-order valence-corrected chi connectivity index (χ1v) is 9.68. The predicted octanol–water partition coefficient (Wildman–Crippen LogP) is 3.37. The molecule has 150 valence electrons. The minimum Gasteiger partial charge on any atom is -0.423 e. The van der Waals surface area contributed by atoms with Crippen molar-refractivity contribution in [3.05, 3.63) is 66.6 Å². The topological polar surface area (TPSA) is 93.4 Å². The fourth-order valence-electron chi connectivity index (χ4n) is 3.31. The highest BCUT2D eigenvalue weighted by atomic mass is 16.5. The number of carbonyl (C=O) groups is 1. The first-order chi connectivity index (χ1) is 14.8. The Kier molecular flexibility index (Phi) is 4.82. The third-order valence-corrected chi connectivity index (χ3v) is 4.86. The summed E-state index contributed by atoms with van der Waals surface area (Å²) in [6.07, 6.45) is 3.41. The third-order valence-electron chi connectivity index (χ3n) is 4.86. The number of anilines is 2. The van der Waals surface area contributed by atoms with Gasteiger partial charge in [0.1, 0.15) is 11.2 Å². The number of rotatable bonds is 4. The fourth-order valence-corrected chi connectivity index (χ4v) is 3.31. The quantitative estimate of drug-likeness (QED) is 0.560. The zero-order chi connectivity index (χ0) is 20.3. The summed E-state index contributed by atoms with van der Waals surface area (Å²) in [7, 11) is 0. The lowest BCUT2D eigenvalue weighted by molar-refractivity contribution is 0.102. The molecule has 5 rings (SSSR count). The van der Waals surface area contributed by atoms with E-state index in [4.69, 9.17) is 9.15 Å². The van der Waals surface area contributed by atoms with Gasteiger partial charge in [-0.3, -0.25) is 9.78 Å². The van der Waals surface area contributed by atoms with E-state index < -0.39 is 0 Å². The molecule has 1 aliphatic rings. The van der Waals surface area contributed by atoms with E-state index in [0.29, 0.717) is 41.9 Å². The second-order valence-corrected chi connectivity index (χ2v) is 6.88. The Labute approximate surface area is 172 Å². The molecule has 0 aliphatic carbocycles. The predicted molar refractivity (Wildman–Crippen MR) is 112 cm³/mol. The Morgan fingerprint density at radius 1 is 1.03 bits per heavy atom. The molecule has 1 saturated heterocycles. The van der Waals surface area contributed by atoms with Crippen LogP contribution in [0.15, 0.2) is 65.3 Å². The SMILES string of the molecule is O=C(Nc1ccc2nc(N3CCOCC3)oc2c1)c1cccc(-c2cccnc2)n1. The number of amides is 1. The van der Waals surface area contributed by atoms with Gasteiger partial charge < -0.3 is 19.4 Å². The van der Waals surface area contributed by atoms with E-state index in [1.807, 2.05) is 24.3 Å². The number of benzene rings is 1. The van der Waals surface area contributed by atoms with Crippen LogP contribution in [0.25, 0.3) is 22.4 Å². The maximum absolute atomic E-state index is 12.7. The highest BCUT2D eigenvalue weighted by Gasteiger charge is 2.17. The van der Waals surface area contributed by atoms with Gasteiger partial charge in [0, 0.05) is 42.8 Å². The van der Waals surface area contributed by atoms with Crippen molar-refractivity contribution in [2.75, 3.05) is 36.5 Å². The molecule has 4 heterocycles. The van der Waals surface area contributed by atoms with E-state index in [9.17, 15) is 4.79 Å². The highest BCUT2D eigenvalue weighted by Crippen LogP contribution is 2.25. The summed E-state index contributed by atoms with van der Waals surface area (Å²) >= 11 is 0. The molecule has 8 heteroatoms. The number of oxazole rings is 1. The van der Waals surface area contributed by atoms with E-state index >= 15 is 0 Å². The minimum absolute atomic E-state index is 0.298. The highest BCUT2D eigenvalue weighted by molar-refractivity contribution is 6.03. The van der Waals surface area contributed by atoms with Crippen LogP contribution in [0.1, 0.15) is 10.5 Å². The summed E-state index contributed by atoms with van der Waals surface area (Å²) in [6.45, 7) is 2.81. The van der Waals surface area contributed by atoms with Crippen LogP contribution >= 0.6 is 0 Å². The second kappa shape index (κ2) is 7.92. The van der Waals surface area contributed by atoms with Gasteiger partial charge in [-0.2, -0.15) is 4.98 Å². The van der Waals surface area contributed by atoms with Crippen molar-refractivity contribution in [3.8, 4) is 11.3 Å². The van der Waals surface area contributed by atoms with E-state index in [-0.39, 0.29) is 5.91 Å². The van der Waals surface area contributed by atoms with E-state index in [0.717, 1.165) is 24.2 Å². The third kappa shape index (κ3) is 3.72. The van der Waals surface area contributed by atoms with Gasteiger partial charge in [0.05, 0.1) is 18.9 Å². The second-order valence-electron chi connectivity index (χ2n) is 6.88. The molecule has 0 unspecified atom stereocenters.